The minimum absolute atomic E-state index is 0.160. The Morgan fingerprint density at radius 1 is 1.17 bits per heavy atom. The topological polar surface area (TPSA) is 75.7 Å². The largest absolute Gasteiger partial charge is 0.484 e. The first-order valence-electron chi connectivity index (χ1n) is 9.55. The zero-order chi connectivity index (χ0) is 21.0. The summed E-state index contributed by atoms with van der Waals surface area (Å²) in [6.45, 7) is 4.93. The molecule has 29 heavy (non-hydrogen) atoms. The fourth-order valence-electron chi connectivity index (χ4n) is 3.14. The van der Waals surface area contributed by atoms with Crippen molar-refractivity contribution >= 4 is 33.2 Å². The molecule has 0 aromatic heterocycles. The standard InChI is InChI=1S/C21H25ClN2O4S/c1-15-9-11-24(12-10-15)29(26,27)19-6-3-17(4-7-19)23-21(25)14-28-18-5-8-20(22)16(2)13-18/h3-8,13,15H,9-12,14H2,1-2H3,(H,23,25). The SMILES string of the molecule is Cc1cc(OCC(=O)Nc2ccc(S(=O)(=O)N3CCC(C)CC3)cc2)ccc1Cl. The zero-order valence-electron chi connectivity index (χ0n) is 16.5. The third-order valence-electron chi connectivity index (χ3n) is 5.02. The highest BCUT2D eigenvalue weighted by Crippen LogP contribution is 2.24. The van der Waals surface area contributed by atoms with Crippen molar-refractivity contribution in [3.63, 3.8) is 0 Å². The van der Waals surface area contributed by atoms with E-state index in [1.807, 2.05) is 6.92 Å². The first-order valence-corrected chi connectivity index (χ1v) is 11.4. The number of nitrogens with zero attached hydrogens (tertiary/aromatic N) is 1. The molecule has 0 radical (unpaired) electrons. The van der Waals surface area contributed by atoms with E-state index in [9.17, 15) is 13.2 Å². The van der Waals surface area contributed by atoms with Crippen LogP contribution < -0.4 is 10.1 Å². The normalized spacial score (nSPS) is 15.8. The van der Waals surface area contributed by atoms with Gasteiger partial charge in [0, 0.05) is 23.8 Å². The maximum Gasteiger partial charge on any atom is 0.262 e. The van der Waals surface area contributed by atoms with Crippen LogP contribution in [-0.2, 0) is 14.8 Å². The maximum atomic E-state index is 12.7. The average molecular weight is 437 g/mol. The number of rotatable bonds is 6. The highest BCUT2D eigenvalue weighted by Gasteiger charge is 2.27. The lowest BCUT2D eigenvalue weighted by molar-refractivity contribution is -0.118. The average Bonchev–Trinajstić information content (AvgIpc) is 2.70. The molecular formula is C21H25ClN2O4S. The van der Waals surface area contributed by atoms with Crippen LogP contribution in [-0.4, -0.2) is 38.3 Å². The molecule has 2 aromatic carbocycles. The lowest BCUT2D eigenvalue weighted by atomic mass is 10.0. The number of hydrogen-bond donors (Lipinski definition) is 1. The molecule has 1 amide bonds. The summed E-state index contributed by atoms with van der Waals surface area (Å²) in [5.41, 5.74) is 1.38. The second-order valence-corrected chi connectivity index (χ2v) is 9.70. The monoisotopic (exact) mass is 436 g/mol. The lowest BCUT2D eigenvalue weighted by Crippen LogP contribution is -2.37. The van der Waals surface area contributed by atoms with E-state index in [1.165, 1.54) is 16.4 Å². The minimum Gasteiger partial charge on any atom is -0.484 e. The third-order valence-corrected chi connectivity index (χ3v) is 7.35. The number of amides is 1. The number of aryl methyl sites for hydroxylation is 1. The van der Waals surface area contributed by atoms with Gasteiger partial charge in [-0.3, -0.25) is 4.79 Å². The second kappa shape index (κ2) is 9.15. The van der Waals surface area contributed by atoms with Crippen LogP contribution in [0.1, 0.15) is 25.3 Å². The Morgan fingerprint density at radius 3 is 2.45 bits per heavy atom. The number of piperidine rings is 1. The van der Waals surface area contributed by atoms with E-state index >= 15 is 0 Å². The van der Waals surface area contributed by atoms with E-state index in [1.54, 1.807) is 30.3 Å². The molecule has 1 heterocycles. The molecule has 2 aromatic rings. The minimum atomic E-state index is -3.50. The van der Waals surface area contributed by atoms with Crippen LogP contribution in [0.5, 0.6) is 5.75 Å². The van der Waals surface area contributed by atoms with Gasteiger partial charge in [0.2, 0.25) is 10.0 Å². The number of carbonyl (C=O) groups excluding carboxylic acids is 1. The van der Waals surface area contributed by atoms with Crippen molar-refractivity contribution in [2.75, 3.05) is 25.0 Å². The molecule has 0 atom stereocenters. The van der Waals surface area contributed by atoms with Crippen molar-refractivity contribution in [2.24, 2.45) is 5.92 Å². The van der Waals surface area contributed by atoms with Crippen molar-refractivity contribution in [1.82, 2.24) is 4.31 Å². The molecule has 8 heteroatoms. The van der Waals surface area contributed by atoms with Crippen molar-refractivity contribution in [2.45, 2.75) is 31.6 Å². The molecule has 0 unspecified atom stereocenters. The van der Waals surface area contributed by atoms with Gasteiger partial charge in [0.1, 0.15) is 5.75 Å². The Kier molecular flexibility index (Phi) is 6.82. The fourth-order valence-corrected chi connectivity index (χ4v) is 4.72. The third kappa shape index (κ3) is 5.50. The van der Waals surface area contributed by atoms with Crippen molar-refractivity contribution in [3.8, 4) is 5.75 Å². The summed E-state index contributed by atoms with van der Waals surface area (Å²) in [7, 11) is -3.50. The van der Waals surface area contributed by atoms with E-state index in [-0.39, 0.29) is 17.4 Å². The van der Waals surface area contributed by atoms with Gasteiger partial charge in [-0.2, -0.15) is 4.31 Å². The number of ether oxygens (including phenoxy) is 1. The molecule has 0 saturated carbocycles. The predicted molar refractivity (Wildman–Crippen MR) is 114 cm³/mol. The summed E-state index contributed by atoms with van der Waals surface area (Å²) in [5, 5.41) is 3.34. The molecule has 156 valence electrons. The molecule has 0 bridgehead atoms. The van der Waals surface area contributed by atoms with Gasteiger partial charge in [-0.1, -0.05) is 18.5 Å². The first-order chi connectivity index (χ1) is 13.8. The molecule has 1 saturated heterocycles. The Balaban J connectivity index is 1.57. The van der Waals surface area contributed by atoms with Gasteiger partial charge in [0.05, 0.1) is 4.90 Å². The van der Waals surface area contributed by atoms with Gasteiger partial charge in [-0.25, -0.2) is 8.42 Å². The van der Waals surface area contributed by atoms with E-state index in [2.05, 4.69) is 12.2 Å². The Labute approximate surface area is 176 Å². The number of anilines is 1. The van der Waals surface area contributed by atoms with Gasteiger partial charge in [0.15, 0.2) is 6.61 Å². The van der Waals surface area contributed by atoms with Gasteiger partial charge in [-0.15, -0.1) is 0 Å². The molecule has 6 nitrogen and oxygen atoms in total. The molecule has 1 fully saturated rings. The number of sulfonamides is 1. The summed E-state index contributed by atoms with van der Waals surface area (Å²) in [6.07, 6.45) is 1.75. The lowest BCUT2D eigenvalue weighted by Gasteiger charge is -2.29. The van der Waals surface area contributed by atoms with Gasteiger partial charge < -0.3 is 10.1 Å². The van der Waals surface area contributed by atoms with Gasteiger partial charge in [-0.05, 0) is 73.7 Å². The van der Waals surface area contributed by atoms with E-state index in [0.29, 0.717) is 35.5 Å². The summed E-state index contributed by atoms with van der Waals surface area (Å²) >= 11 is 5.97. The Morgan fingerprint density at radius 2 is 1.83 bits per heavy atom. The quantitative estimate of drug-likeness (QED) is 0.740. The molecule has 0 spiro atoms. The number of hydrogen-bond acceptors (Lipinski definition) is 4. The zero-order valence-corrected chi connectivity index (χ0v) is 18.1. The molecular weight excluding hydrogens is 412 g/mol. The van der Waals surface area contributed by atoms with E-state index in [4.69, 9.17) is 16.3 Å². The smallest absolute Gasteiger partial charge is 0.262 e. The van der Waals surface area contributed by atoms with Gasteiger partial charge in [0.25, 0.3) is 5.91 Å². The molecule has 1 aliphatic rings. The number of halogens is 1. The van der Waals surface area contributed by atoms with Crippen molar-refractivity contribution < 1.29 is 17.9 Å². The van der Waals surface area contributed by atoms with Crippen LogP contribution in [0.2, 0.25) is 5.02 Å². The second-order valence-electron chi connectivity index (χ2n) is 7.36. The van der Waals surface area contributed by atoms with Crippen LogP contribution >= 0.6 is 11.6 Å². The van der Waals surface area contributed by atoms with Crippen LogP contribution in [0.3, 0.4) is 0 Å². The summed E-state index contributed by atoms with van der Waals surface area (Å²) in [4.78, 5) is 12.3. The summed E-state index contributed by atoms with van der Waals surface area (Å²) in [6, 6.07) is 11.4. The van der Waals surface area contributed by atoms with E-state index in [0.717, 1.165) is 18.4 Å². The van der Waals surface area contributed by atoms with E-state index < -0.39 is 10.0 Å². The fraction of sp³-hybridized carbons (Fsp3) is 0.381. The molecule has 1 aliphatic heterocycles. The number of nitrogens with one attached hydrogen (secondary N) is 1. The molecule has 3 rings (SSSR count). The molecule has 0 aliphatic carbocycles. The number of carbonyl (C=O) groups is 1. The summed E-state index contributed by atoms with van der Waals surface area (Å²) in [5.74, 6) is 0.774. The highest BCUT2D eigenvalue weighted by atomic mass is 35.5. The maximum absolute atomic E-state index is 12.7. The number of benzene rings is 2. The van der Waals surface area contributed by atoms with Crippen LogP contribution in [0, 0.1) is 12.8 Å². The predicted octanol–water partition coefficient (Wildman–Crippen LogP) is 4.09. The highest BCUT2D eigenvalue weighted by molar-refractivity contribution is 7.89. The Bertz CT molecular complexity index is 969. The summed E-state index contributed by atoms with van der Waals surface area (Å²) < 4.78 is 32.5. The van der Waals surface area contributed by atoms with Crippen molar-refractivity contribution in [3.05, 3.63) is 53.1 Å². The molecule has 1 N–H and O–H groups in total. The van der Waals surface area contributed by atoms with Gasteiger partial charge >= 0.3 is 0 Å². The van der Waals surface area contributed by atoms with Crippen LogP contribution in [0.4, 0.5) is 5.69 Å². The first kappa shape index (κ1) is 21.6. The van der Waals surface area contributed by atoms with Crippen LogP contribution in [0.15, 0.2) is 47.4 Å². The Hall–Kier alpha value is -2.09. The van der Waals surface area contributed by atoms with Crippen LogP contribution in [0.25, 0.3) is 0 Å². The van der Waals surface area contributed by atoms with Crippen molar-refractivity contribution in [1.29, 1.82) is 0 Å².